The van der Waals surface area contributed by atoms with Crippen molar-refractivity contribution in [2.75, 3.05) is 19.0 Å². The molecule has 37 heavy (non-hydrogen) atoms. The molecule has 0 saturated heterocycles. The number of halogens is 1. The number of hydrogen-bond acceptors (Lipinski definition) is 6. The maximum absolute atomic E-state index is 13.5. The molecule has 10 heteroatoms. The van der Waals surface area contributed by atoms with Crippen molar-refractivity contribution in [1.82, 2.24) is 14.7 Å². The Morgan fingerprint density at radius 3 is 2.68 bits per heavy atom. The molecule has 4 rings (SSSR count). The molecule has 0 bridgehead atoms. The van der Waals surface area contributed by atoms with Gasteiger partial charge in [-0.15, -0.1) is 0 Å². The number of aromatic nitrogens is 2. The van der Waals surface area contributed by atoms with Crippen LogP contribution in [0.5, 0.6) is 11.5 Å². The number of ether oxygens (including phenoxy) is 2. The Morgan fingerprint density at radius 2 is 1.97 bits per heavy atom. The Bertz CT molecular complexity index is 1150. The number of nitrogens with one attached hydrogen (secondary N) is 1. The molecule has 2 N–H and O–H groups in total. The van der Waals surface area contributed by atoms with Gasteiger partial charge in [-0.1, -0.05) is 49.8 Å². The number of hydrogen-bond donors (Lipinski definition) is 2. The van der Waals surface area contributed by atoms with Crippen LogP contribution in [0.25, 0.3) is 0 Å². The molecule has 2 heterocycles. The summed E-state index contributed by atoms with van der Waals surface area (Å²) in [5, 5.41) is 17.6. The average Bonchev–Trinajstić information content (AvgIpc) is 3.43. The molecule has 1 fully saturated rings. The molecule has 1 atom stereocenters. The fourth-order valence-corrected chi connectivity index (χ4v) is 5.18. The van der Waals surface area contributed by atoms with Crippen molar-refractivity contribution >= 4 is 29.2 Å². The van der Waals surface area contributed by atoms with E-state index in [0.717, 1.165) is 25.7 Å². The van der Waals surface area contributed by atoms with Crippen LogP contribution in [0.4, 0.5) is 5.82 Å². The lowest BCUT2D eigenvalue weighted by molar-refractivity contribution is -0.134. The zero-order chi connectivity index (χ0) is 26.6. The summed E-state index contributed by atoms with van der Waals surface area (Å²) < 4.78 is 12.8. The van der Waals surface area contributed by atoms with Crippen LogP contribution in [0, 0.1) is 5.92 Å². The quantitative estimate of drug-likeness (QED) is 0.471. The molecule has 1 aliphatic heterocycles. The van der Waals surface area contributed by atoms with Crippen LogP contribution in [-0.2, 0) is 16.1 Å². The average molecular weight is 531 g/mol. The summed E-state index contributed by atoms with van der Waals surface area (Å²) in [4.78, 5) is 28.1. The predicted molar refractivity (Wildman–Crippen MR) is 141 cm³/mol. The Morgan fingerprint density at radius 1 is 1.24 bits per heavy atom. The molecule has 1 aliphatic carbocycles. The molecule has 0 spiro atoms. The van der Waals surface area contributed by atoms with E-state index in [2.05, 4.69) is 10.4 Å². The standard InChI is InChI=1S/C27H35ClN4O5/c1-27(2,35)17-31-13-12-23(30-31)29-26(34)20(14-18-8-5-4-6-9-18)32-16-19(15-24(32)33)37-22-11-7-10-21(36-3)25(22)28/h7,10-13,15,18,20,35H,4-6,8-9,14,16-17H2,1-3H3,(H,29,30,34)/t20-/m0/s1. The maximum atomic E-state index is 13.5. The van der Waals surface area contributed by atoms with Crippen molar-refractivity contribution < 1.29 is 24.2 Å². The fourth-order valence-electron chi connectivity index (χ4n) is 4.94. The third kappa shape index (κ3) is 7.05. The first kappa shape index (κ1) is 27.0. The molecule has 1 saturated carbocycles. The van der Waals surface area contributed by atoms with Crippen LogP contribution in [-0.4, -0.2) is 56.9 Å². The zero-order valence-corrected chi connectivity index (χ0v) is 22.3. The van der Waals surface area contributed by atoms with Crippen LogP contribution in [0.3, 0.4) is 0 Å². The van der Waals surface area contributed by atoms with Crippen molar-refractivity contribution in [3.63, 3.8) is 0 Å². The van der Waals surface area contributed by atoms with E-state index >= 15 is 0 Å². The number of carbonyl (C=O) groups excluding carboxylic acids is 2. The third-order valence-corrected chi connectivity index (χ3v) is 7.06. The van der Waals surface area contributed by atoms with Gasteiger partial charge < -0.3 is 24.8 Å². The van der Waals surface area contributed by atoms with Crippen LogP contribution in [0.1, 0.15) is 52.4 Å². The molecule has 0 unspecified atom stereocenters. The highest BCUT2D eigenvalue weighted by atomic mass is 35.5. The number of nitrogens with zero attached hydrogens (tertiary/aromatic N) is 3. The zero-order valence-electron chi connectivity index (χ0n) is 21.6. The number of methoxy groups -OCH3 is 1. The number of rotatable bonds is 10. The summed E-state index contributed by atoms with van der Waals surface area (Å²) in [5.41, 5.74) is -0.938. The van der Waals surface area contributed by atoms with Gasteiger partial charge in [0.25, 0.3) is 5.91 Å². The first-order valence-electron chi connectivity index (χ1n) is 12.7. The molecular formula is C27H35ClN4O5. The highest BCUT2D eigenvalue weighted by molar-refractivity contribution is 6.33. The molecule has 2 aromatic rings. The minimum atomic E-state index is -0.938. The lowest BCUT2D eigenvalue weighted by Gasteiger charge is -2.31. The Labute approximate surface area is 222 Å². The topological polar surface area (TPSA) is 106 Å². The van der Waals surface area contributed by atoms with Gasteiger partial charge in [-0.05, 0) is 38.3 Å². The van der Waals surface area contributed by atoms with Gasteiger partial charge in [0.2, 0.25) is 5.91 Å². The van der Waals surface area contributed by atoms with Gasteiger partial charge >= 0.3 is 0 Å². The van der Waals surface area contributed by atoms with E-state index in [4.69, 9.17) is 21.1 Å². The highest BCUT2D eigenvalue weighted by Gasteiger charge is 2.36. The van der Waals surface area contributed by atoms with Crippen molar-refractivity contribution in [2.24, 2.45) is 5.92 Å². The van der Waals surface area contributed by atoms with Crippen LogP contribution < -0.4 is 14.8 Å². The normalized spacial score (nSPS) is 17.5. The molecule has 2 aliphatic rings. The monoisotopic (exact) mass is 530 g/mol. The van der Waals surface area contributed by atoms with Crippen LogP contribution in [0.2, 0.25) is 5.02 Å². The summed E-state index contributed by atoms with van der Waals surface area (Å²) in [7, 11) is 1.52. The van der Waals surface area contributed by atoms with Gasteiger partial charge in [0.05, 0.1) is 25.8 Å². The van der Waals surface area contributed by atoms with Crippen molar-refractivity contribution in [1.29, 1.82) is 0 Å². The Hall–Kier alpha value is -3.04. The Kier molecular flexibility index (Phi) is 8.44. The van der Waals surface area contributed by atoms with Gasteiger partial charge in [-0.3, -0.25) is 14.3 Å². The van der Waals surface area contributed by atoms with Crippen LogP contribution in [0.15, 0.2) is 42.3 Å². The van der Waals surface area contributed by atoms with Crippen molar-refractivity contribution in [3.05, 3.63) is 47.3 Å². The molecule has 1 aromatic heterocycles. The fraction of sp³-hybridized carbons (Fsp3) is 0.519. The Balaban J connectivity index is 1.49. The lowest BCUT2D eigenvalue weighted by Crippen LogP contribution is -2.46. The largest absolute Gasteiger partial charge is 0.495 e. The molecule has 200 valence electrons. The number of aliphatic hydroxyl groups is 1. The lowest BCUT2D eigenvalue weighted by atomic mass is 9.84. The minimum absolute atomic E-state index is 0.157. The van der Waals surface area contributed by atoms with E-state index in [9.17, 15) is 14.7 Å². The molecule has 1 aromatic carbocycles. The van der Waals surface area contributed by atoms with Crippen LogP contribution >= 0.6 is 11.6 Å². The third-order valence-electron chi connectivity index (χ3n) is 6.68. The van der Waals surface area contributed by atoms with Gasteiger partial charge in [-0.2, -0.15) is 5.10 Å². The predicted octanol–water partition coefficient (Wildman–Crippen LogP) is 4.40. The molecule has 9 nitrogen and oxygen atoms in total. The summed E-state index contributed by atoms with van der Waals surface area (Å²) >= 11 is 6.37. The first-order chi connectivity index (χ1) is 17.6. The summed E-state index contributed by atoms with van der Waals surface area (Å²) in [6.07, 6.45) is 9.25. The number of anilines is 1. The van der Waals surface area contributed by atoms with Crippen molar-refractivity contribution in [2.45, 2.75) is 70.6 Å². The highest BCUT2D eigenvalue weighted by Crippen LogP contribution is 2.36. The van der Waals surface area contributed by atoms with E-state index < -0.39 is 11.6 Å². The summed E-state index contributed by atoms with van der Waals surface area (Å²) in [6.45, 7) is 3.83. The van der Waals surface area contributed by atoms with Gasteiger partial charge in [0.1, 0.15) is 28.3 Å². The van der Waals surface area contributed by atoms with Crippen molar-refractivity contribution in [3.8, 4) is 11.5 Å². The summed E-state index contributed by atoms with van der Waals surface area (Å²) in [6, 6.07) is 6.20. The summed E-state index contributed by atoms with van der Waals surface area (Å²) in [5.74, 6) is 1.44. The second kappa shape index (κ2) is 11.6. The first-order valence-corrected chi connectivity index (χ1v) is 13.1. The molecule has 0 radical (unpaired) electrons. The molecular weight excluding hydrogens is 496 g/mol. The van der Waals surface area contributed by atoms with E-state index in [-0.39, 0.29) is 24.9 Å². The SMILES string of the molecule is COc1cccc(OC2=CC(=O)N([C@@H](CC3CCCCC3)C(=O)Nc3ccn(CC(C)(C)O)n3)C2)c1Cl. The number of carbonyl (C=O) groups is 2. The van der Waals surface area contributed by atoms with E-state index in [0.29, 0.717) is 40.4 Å². The minimum Gasteiger partial charge on any atom is -0.495 e. The van der Waals surface area contributed by atoms with E-state index in [1.54, 1.807) is 53.9 Å². The van der Waals surface area contributed by atoms with E-state index in [1.165, 1.54) is 19.6 Å². The maximum Gasteiger partial charge on any atom is 0.251 e. The molecule has 2 amide bonds. The number of amides is 2. The van der Waals surface area contributed by atoms with E-state index in [1.807, 2.05) is 0 Å². The van der Waals surface area contributed by atoms with Gasteiger partial charge in [-0.25, -0.2) is 0 Å². The van der Waals surface area contributed by atoms with Gasteiger partial charge in [0, 0.05) is 18.3 Å². The second-order valence-electron chi connectivity index (χ2n) is 10.4. The number of benzene rings is 1. The smallest absolute Gasteiger partial charge is 0.251 e. The second-order valence-corrected chi connectivity index (χ2v) is 10.8. The van der Waals surface area contributed by atoms with Gasteiger partial charge in [0.15, 0.2) is 5.82 Å².